The molecule has 7 heteroatoms. The number of carboxylic acids is 1. The summed E-state index contributed by atoms with van der Waals surface area (Å²) in [6.07, 6.45) is 0.387. The predicted molar refractivity (Wildman–Crippen MR) is 75.1 cm³/mol. The van der Waals surface area contributed by atoms with E-state index in [1.54, 1.807) is 13.0 Å². The number of nitrogens with one attached hydrogen (secondary N) is 1. The van der Waals surface area contributed by atoms with Gasteiger partial charge in [0.25, 0.3) is 0 Å². The maximum absolute atomic E-state index is 13.6. The van der Waals surface area contributed by atoms with Crippen LogP contribution in [0.2, 0.25) is 0 Å². The first kappa shape index (κ1) is 14.8. The molecule has 1 unspecified atom stereocenters. The molecule has 1 aromatic carbocycles. The van der Waals surface area contributed by atoms with Gasteiger partial charge in [-0.1, -0.05) is 15.9 Å². The summed E-state index contributed by atoms with van der Waals surface area (Å²) in [7, 11) is 0. The van der Waals surface area contributed by atoms with Crippen molar-refractivity contribution in [3.63, 3.8) is 0 Å². The molecule has 1 saturated heterocycles. The van der Waals surface area contributed by atoms with E-state index in [0.29, 0.717) is 17.4 Å². The summed E-state index contributed by atoms with van der Waals surface area (Å²) in [5, 5.41) is 11.6. The summed E-state index contributed by atoms with van der Waals surface area (Å²) in [4.78, 5) is 24.5. The number of likely N-dealkylation sites (tertiary alicyclic amines) is 1. The molecule has 0 aromatic heterocycles. The van der Waals surface area contributed by atoms with E-state index in [1.807, 2.05) is 0 Å². The molecule has 1 aliphatic heterocycles. The second-order valence-electron chi connectivity index (χ2n) is 5.09. The maximum atomic E-state index is 13.6. The molecular formula is C13H14BrFN2O3. The molecule has 20 heavy (non-hydrogen) atoms. The van der Waals surface area contributed by atoms with Crippen LogP contribution in [0.3, 0.4) is 0 Å². The number of aliphatic carboxylic acids is 1. The summed E-state index contributed by atoms with van der Waals surface area (Å²) in [5.41, 5.74) is -0.864. The Labute approximate surface area is 123 Å². The quantitative estimate of drug-likeness (QED) is 0.866. The van der Waals surface area contributed by atoms with Crippen LogP contribution in [0.25, 0.3) is 0 Å². The lowest BCUT2D eigenvalue weighted by Crippen LogP contribution is -2.37. The lowest BCUT2D eigenvalue weighted by atomic mass is 9.90. The Kier molecular flexibility index (Phi) is 3.99. The van der Waals surface area contributed by atoms with Crippen LogP contribution in [0, 0.1) is 11.2 Å². The molecule has 1 heterocycles. The molecule has 1 aliphatic rings. The van der Waals surface area contributed by atoms with E-state index >= 15 is 0 Å². The van der Waals surface area contributed by atoms with Gasteiger partial charge < -0.3 is 15.3 Å². The average molecular weight is 345 g/mol. The molecule has 0 radical (unpaired) electrons. The molecule has 108 valence electrons. The number of hydrogen-bond donors (Lipinski definition) is 2. The summed E-state index contributed by atoms with van der Waals surface area (Å²) >= 11 is 3.13. The van der Waals surface area contributed by atoms with Crippen LogP contribution < -0.4 is 5.32 Å². The van der Waals surface area contributed by atoms with Crippen LogP contribution in [-0.4, -0.2) is 35.1 Å². The zero-order chi connectivity index (χ0) is 14.9. The molecule has 0 spiro atoms. The first-order chi connectivity index (χ1) is 9.32. The van der Waals surface area contributed by atoms with Gasteiger partial charge in [-0.15, -0.1) is 0 Å². The van der Waals surface area contributed by atoms with Crippen molar-refractivity contribution in [1.29, 1.82) is 0 Å². The van der Waals surface area contributed by atoms with Crippen molar-refractivity contribution in [2.75, 3.05) is 18.4 Å². The minimum atomic E-state index is -0.935. The topological polar surface area (TPSA) is 69.6 Å². The molecule has 1 atom stereocenters. The number of carbonyl (C=O) groups is 2. The highest BCUT2D eigenvalue weighted by Gasteiger charge is 2.42. The number of amides is 2. The monoisotopic (exact) mass is 344 g/mol. The number of benzene rings is 1. The second-order valence-corrected chi connectivity index (χ2v) is 6.01. The number of hydrogen-bond acceptors (Lipinski definition) is 2. The minimum Gasteiger partial charge on any atom is -0.481 e. The van der Waals surface area contributed by atoms with E-state index in [-0.39, 0.29) is 12.2 Å². The van der Waals surface area contributed by atoms with Crippen LogP contribution in [0.5, 0.6) is 0 Å². The van der Waals surface area contributed by atoms with Crippen LogP contribution in [0.4, 0.5) is 14.9 Å². The van der Waals surface area contributed by atoms with E-state index in [0.717, 1.165) is 0 Å². The molecule has 1 fully saturated rings. The Morgan fingerprint density at radius 2 is 2.20 bits per heavy atom. The SMILES string of the molecule is CC1(C(=O)O)CCN(C(=O)Nc2ccc(Br)cc2F)C1. The number of halogens is 2. The Hall–Kier alpha value is -1.63. The van der Waals surface area contributed by atoms with Crippen LogP contribution >= 0.6 is 15.9 Å². The molecule has 0 saturated carbocycles. The first-order valence-corrected chi connectivity index (χ1v) is 6.85. The zero-order valence-corrected chi connectivity index (χ0v) is 12.4. The van der Waals surface area contributed by atoms with Gasteiger partial charge in [0.15, 0.2) is 0 Å². The largest absolute Gasteiger partial charge is 0.481 e. The van der Waals surface area contributed by atoms with Gasteiger partial charge >= 0.3 is 12.0 Å². The third-order valence-corrected chi connectivity index (χ3v) is 3.94. The van der Waals surface area contributed by atoms with Gasteiger partial charge in [0.1, 0.15) is 5.82 Å². The van der Waals surface area contributed by atoms with Crippen LogP contribution in [0.15, 0.2) is 22.7 Å². The molecule has 5 nitrogen and oxygen atoms in total. The highest BCUT2D eigenvalue weighted by atomic mass is 79.9. The van der Waals surface area contributed by atoms with Crippen LogP contribution in [-0.2, 0) is 4.79 Å². The molecule has 2 rings (SSSR count). The molecule has 0 bridgehead atoms. The van der Waals surface area contributed by atoms with Crippen molar-refractivity contribution in [2.24, 2.45) is 5.41 Å². The van der Waals surface area contributed by atoms with Gasteiger partial charge in [0, 0.05) is 17.6 Å². The molecular weight excluding hydrogens is 331 g/mol. The predicted octanol–water partition coefficient (Wildman–Crippen LogP) is 2.92. The normalized spacial score (nSPS) is 21.9. The minimum absolute atomic E-state index is 0.0714. The summed E-state index contributed by atoms with van der Waals surface area (Å²) in [6.45, 7) is 2.06. The van der Waals surface area contributed by atoms with Gasteiger partial charge in [-0.05, 0) is 31.5 Å². The van der Waals surface area contributed by atoms with Crippen molar-refractivity contribution < 1.29 is 19.1 Å². The smallest absolute Gasteiger partial charge is 0.321 e. The van der Waals surface area contributed by atoms with Crippen molar-refractivity contribution in [1.82, 2.24) is 4.90 Å². The van der Waals surface area contributed by atoms with E-state index in [2.05, 4.69) is 21.2 Å². The van der Waals surface area contributed by atoms with E-state index in [4.69, 9.17) is 5.11 Å². The van der Waals surface area contributed by atoms with Crippen LogP contribution in [0.1, 0.15) is 13.3 Å². The highest BCUT2D eigenvalue weighted by molar-refractivity contribution is 9.10. The highest BCUT2D eigenvalue weighted by Crippen LogP contribution is 2.30. The lowest BCUT2D eigenvalue weighted by molar-refractivity contribution is -0.146. The lowest BCUT2D eigenvalue weighted by Gasteiger charge is -2.20. The molecule has 1 aromatic rings. The van der Waals surface area contributed by atoms with Gasteiger partial charge in [0.2, 0.25) is 0 Å². The van der Waals surface area contributed by atoms with E-state index in [1.165, 1.54) is 17.0 Å². The third kappa shape index (κ3) is 2.92. The Balaban J connectivity index is 2.05. The number of urea groups is 1. The Morgan fingerprint density at radius 1 is 1.50 bits per heavy atom. The van der Waals surface area contributed by atoms with Crippen molar-refractivity contribution in [2.45, 2.75) is 13.3 Å². The fraction of sp³-hybridized carbons (Fsp3) is 0.385. The van der Waals surface area contributed by atoms with Crippen molar-refractivity contribution in [3.8, 4) is 0 Å². The van der Waals surface area contributed by atoms with Crippen molar-refractivity contribution >= 4 is 33.6 Å². The van der Waals surface area contributed by atoms with E-state index in [9.17, 15) is 14.0 Å². The standard InChI is InChI=1S/C13H14BrFN2O3/c1-13(11(18)19)4-5-17(7-13)12(20)16-10-3-2-8(14)6-9(10)15/h2-3,6H,4-5,7H2,1H3,(H,16,20)(H,18,19). The first-order valence-electron chi connectivity index (χ1n) is 6.06. The Bertz CT molecular complexity index is 567. The van der Waals surface area contributed by atoms with Gasteiger partial charge in [-0.25, -0.2) is 9.18 Å². The number of carbonyl (C=O) groups excluding carboxylic acids is 1. The fourth-order valence-electron chi connectivity index (χ4n) is 2.09. The number of carboxylic acid groups (broad SMARTS) is 1. The summed E-state index contributed by atoms with van der Waals surface area (Å²) in [5.74, 6) is -1.48. The molecule has 2 amide bonds. The summed E-state index contributed by atoms with van der Waals surface area (Å²) < 4.78 is 14.2. The number of rotatable bonds is 2. The molecule has 0 aliphatic carbocycles. The van der Waals surface area contributed by atoms with Gasteiger partial charge in [0.05, 0.1) is 11.1 Å². The zero-order valence-electron chi connectivity index (χ0n) is 10.8. The third-order valence-electron chi connectivity index (χ3n) is 3.45. The molecule has 2 N–H and O–H groups in total. The maximum Gasteiger partial charge on any atom is 0.321 e. The summed E-state index contributed by atoms with van der Waals surface area (Å²) in [6, 6.07) is 3.82. The van der Waals surface area contributed by atoms with Crippen molar-refractivity contribution in [3.05, 3.63) is 28.5 Å². The second kappa shape index (κ2) is 5.40. The Morgan fingerprint density at radius 3 is 2.75 bits per heavy atom. The fourth-order valence-corrected chi connectivity index (χ4v) is 2.43. The van der Waals surface area contributed by atoms with Gasteiger partial charge in [-0.3, -0.25) is 4.79 Å². The van der Waals surface area contributed by atoms with E-state index < -0.39 is 23.2 Å². The average Bonchev–Trinajstić information content (AvgIpc) is 2.77. The van der Waals surface area contributed by atoms with Gasteiger partial charge in [-0.2, -0.15) is 0 Å². The number of anilines is 1. The number of nitrogens with zero attached hydrogens (tertiary/aromatic N) is 1.